The molecule has 8 nitrogen and oxygen atoms in total. The second-order valence-corrected chi connectivity index (χ2v) is 6.78. The topological polar surface area (TPSA) is 111 Å². The Labute approximate surface area is 177 Å². The molecule has 0 bridgehead atoms. The molecule has 8 heteroatoms. The van der Waals surface area contributed by atoms with Gasteiger partial charge in [-0.25, -0.2) is 9.97 Å². The maximum Gasteiger partial charge on any atom is 0.261 e. The molecule has 150 valence electrons. The number of hydrogen-bond acceptors (Lipinski definition) is 6. The van der Waals surface area contributed by atoms with E-state index >= 15 is 0 Å². The highest BCUT2D eigenvalue weighted by molar-refractivity contribution is 6.16. The van der Waals surface area contributed by atoms with Crippen LogP contribution in [0.2, 0.25) is 0 Å². The van der Waals surface area contributed by atoms with Gasteiger partial charge in [-0.2, -0.15) is 9.78 Å². The summed E-state index contributed by atoms with van der Waals surface area (Å²) in [5.41, 5.74) is 10.0. The van der Waals surface area contributed by atoms with Crippen molar-refractivity contribution in [2.45, 2.75) is 0 Å². The number of pyridine rings is 1. The van der Waals surface area contributed by atoms with E-state index in [1.165, 1.54) is 4.68 Å². The van der Waals surface area contributed by atoms with E-state index in [9.17, 15) is 4.79 Å². The number of amides is 1. The molecule has 3 heterocycles. The van der Waals surface area contributed by atoms with Gasteiger partial charge in [0.05, 0.1) is 22.9 Å². The van der Waals surface area contributed by atoms with Crippen LogP contribution in [-0.4, -0.2) is 31.7 Å². The molecule has 0 saturated heterocycles. The van der Waals surface area contributed by atoms with Crippen LogP contribution in [0.5, 0.6) is 0 Å². The zero-order valence-electron chi connectivity index (χ0n) is 16.3. The van der Waals surface area contributed by atoms with Gasteiger partial charge < -0.3 is 11.1 Å². The second kappa shape index (κ2) is 7.68. The number of hydrogen-bond donors (Lipinski definition) is 2. The standard InChI is InChI=1S/C23H17N7O/c24-21-19(23(31)27-15-8-2-1-3-9-15)20-22(29-18-12-5-4-11-17(18)28-20)30(21)26-14-16-10-6-7-13-25-16/h1-14H,24H2,(H,27,31)/b26-14+. The minimum atomic E-state index is -0.384. The summed E-state index contributed by atoms with van der Waals surface area (Å²) in [4.78, 5) is 26.7. The monoisotopic (exact) mass is 407 g/mol. The van der Waals surface area contributed by atoms with E-state index in [4.69, 9.17) is 5.73 Å². The average Bonchev–Trinajstić information content (AvgIpc) is 3.07. The first kappa shape index (κ1) is 18.4. The van der Waals surface area contributed by atoms with Crippen LogP contribution in [0.25, 0.3) is 22.2 Å². The summed E-state index contributed by atoms with van der Waals surface area (Å²) in [5.74, 6) is -0.240. The van der Waals surface area contributed by atoms with Gasteiger partial charge in [0.15, 0.2) is 5.65 Å². The smallest absolute Gasteiger partial charge is 0.261 e. The van der Waals surface area contributed by atoms with Crippen molar-refractivity contribution in [3.8, 4) is 0 Å². The lowest BCUT2D eigenvalue weighted by molar-refractivity contribution is 0.102. The highest BCUT2D eigenvalue weighted by Crippen LogP contribution is 2.28. The van der Waals surface area contributed by atoms with Crippen molar-refractivity contribution in [2.24, 2.45) is 5.10 Å². The molecule has 0 atom stereocenters. The third-order valence-corrected chi connectivity index (χ3v) is 4.73. The molecule has 31 heavy (non-hydrogen) atoms. The maximum absolute atomic E-state index is 13.1. The largest absolute Gasteiger partial charge is 0.383 e. The number of nitrogens with two attached hydrogens (primary N) is 1. The van der Waals surface area contributed by atoms with Crippen molar-refractivity contribution in [3.05, 3.63) is 90.3 Å². The number of nitrogens with zero attached hydrogens (tertiary/aromatic N) is 5. The van der Waals surface area contributed by atoms with Crippen molar-refractivity contribution in [1.82, 2.24) is 19.6 Å². The predicted molar refractivity (Wildman–Crippen MR) is 121 cm³/mol. The fraction of sp³-hybridized carbons (Fsp3) is 0. The Kier molecular flexibility index (Phi) is 4.57. The Morgan fingerprint density at radius 1 is 0.935 bits per heavy atom. The molecule has 0 aliphatic carbocycles. The van der Waals surface area contributed by atoms with Crippen LogP contribution in [0.4, 0.5) is 11.5 Å². The molecule has 0 aliphatic rings. The molecule has 0 radical (unpaired) electrons. The van der Waals surface area contributed by atoms with Gasteiger partial charge in [-0.05, 0) is 36.4 Å². The Morgan fingerprint density at radius 2 is 1.65 bits per heavy atom. The van der Waals surface area contributed by atoms with E-state index in [2.05, 4.69) is 25.4 Å². The van der Waals surface area contributed by atoms with Gasteiger partial charge in [-0.1, -0.05) is 36.4 Å². The normalized spacial score (nSPS) is 11.4. The van der Waals surface area contributed by atoms with E-state index in [1.807, 2.05) is 60.7 Å². The first-order chi connectivity index (χ1) is 15.2. The average molecular weight is 407 g/mol. The molecule has 5 rings (SSSR count). The van der Waals surface area contributed by atoms with Gasteiger partial charge >= 0.3 is 0 Å². The molecule has 3 aromatic heterocycles. The van der Waals surface area contributed by atoms with Crippen LogP contribution in [0.1, 0.15) is 16.1 Å². The summed E-state index contributed by atoms with van der Waals surface area (Å²) in [5, 5.41) is 7.30. The van der Waals surface area contributed by atoms with Crippen molar-refractivity contribution in [2.75, 3.05) is 11.1 Å². The molecule has 2 aromatic carbocycles. The van der Waals surface area contributed by atoms with Gasteiger partial charge in [0.1, 0.15) is 16.9 Å². The van der Waals surface area contributed by atoms with Crippen LogP contribution in [-0.2, 0) is 0 Å². The SMILES string of the molecule is Nc1c(C(=O)Nc2ccccc2)c2nc3ccccc3nc2n1/N=C/c1ccccn1. The van der Waals surface area contributed by atoms with Gasteiger partial charge in [-0.15, -0.1) is 0 Å². The fourth-order valence-corrected chi connectivity index (χ4v) is 3.27. The third kappa shape index (κ3) is 3.46. The number of anilines is 2. The van der Waals surface area contributed by atoms with Crippen molar-refractivity contribution in [3.63, 3.8) is 0 Å². The summed E-state index contributed by atoms with van der Waals surface area (Å²) >= 11 is 0. The van der Waals surface area contributed by atoms with Crippen molar-refractivity contribution >= 4 is 45.8 Å². The molecule has 0 saturated carbocycles. The molecular weight excluding hydrogens is 390 g/mol. The summed E-state index contributed by atoms with van der Waals surface area (Å²) in [6.45, 7) is 0. The van der Waals surface area contributed by atoms with Crippen LogP contribution in [0.15, 0.2) is 84.1 Å². The molecule has 5 aromatic rings. The van der Waals surface area contributed by atoms with Crippen LogP contribution in [0, 0.1) is 0 Å². The first-order valence-electron chi connectivity index (χ1n) is 9.59. The number of nitrogens with one attached hydrogen (secondary N) is 1. The Hall–Kier alpha value is -4.59. The van der Waals surface area contributed by atoms with Gasteiger partial charge in [0.2, 0.25) is 0 Å². The highest BCUT2D eigenvalue weighted by atomic mass is 16.1. The highest BCUT2D eigenvalue weighted by Gasteiger charge is 2.24. The number of benzene rings is 2. The first-order valence-corrected chi connectivity index (χ1v) is 9.59. The van der Waals surface area contributed by atoms with E-state index in [-0.39, 0.29) is 17.3 Å². The van der Waals surface area contributed by atoms with Crippen LogP contribution in [0.3, 0.4) is 0 Å². The molecule has 3 N–H and O–H groups in total. The Morgan fingerprint density at radius 3 is 2.39 bits per heavy atom. The summed E-state index contributed by atoms with van der Waals surface area (Å²) in [6, 6.07) is 22.1. The minimum absolute atomic E-state index is 0.144. The van der Waals surface area contributed by atoms with E-state index < -0.39 is 0 Å². The molecule has 0 spiro atoms. The van der Waals surface area contributed by atoms with Crippen molar-refractivity contribution in [1.29, 1.82) is 0 Å². The fourth-order valence-electron chi connectivity index (χ4n) is 3.27. The number of fused-ring (bicyclic) bond motifs is 2. The van der Waals surface area contributed by atoms with Gasteiger partial charge in [-0.3, -0.25) is 9.78 Å². The molecule has 0 fully saturated rings. The summed E-state index contributed by atoms with van der Waals surface area (Å²) < 4.78 is 1.42. The van der Waals surface area contributed by atoms with E-state index in [1.54, 1.807) is 24.5 Å². The Balaban J connectivity index is 1.68. The minimum Gasteiger partial charge on any atom is -0.383 e. The second-order valence-electron chi connectivity index (χ2n) is 6.78. The zero-order chi connectivity index (χ0) is 21.2. The number of nitrogen functional groups attached to an aromatic ring is 1. The molecule has 0 unspecified atom stereocenters. The lowest BCUT2D eigenvalue weighted by Gasteiger charge is -2.05. The lowest BCUT2D eigenvalue weighted by atomic mass is 10.2. The van der Waals surface area contributed by atoms with E-state index in [0.29, 0.717) is 33.6 Å². The van der Waals surface area contributed by atoms with E-state index in [0.717, 1.165) is 0 Å². The zero-order valence-corrected chi connectivity index (χ0v) is 16.3. The van der Waals surface area contributed by atoms with Gasteiger partial charge in [0, 0.05) is 11.9 Å². The predicted octanol–water partition coefficient (Wildman–Crippen LogP) is 3.70. The van der Waals surface area contributed by atoms with Crippen molar-refractivity contribution < 1.29 is 4.79 Å². The number of carbonyl (C=O) groups is 1. The third-order valence-electron chi connectivity index (χ3n) is 4.73. The molecular formula is C23H17N7O. The number of carbonyl (C=O) groups excluding carboxylic acids is 1. The lowest BCUT2D eigenvalue weighted by Crippen LogP contribution is -2.14. The number of rotatable bonds is 4. The quantitative estimate of drug-likeness (QED) is 0.441. The summed E-state index contributed by atoms with van der Waals surface area (Å²) in [6.07, 6.45) is 3.23. The molecule has 1 amide bonds. The molecule has 0 aliphatic heterocycles. The van der Waals surface area contributed by atoms with Gasteiger partial charge in [0.25, 0.3) is 5.91 Å². The van der Waals surface area contributed by atoms with Crippen LogP contribution < -0.4 is 11.1 Å². The number of aromatic nitrogens is 4. The number of para-hydroxylation sites is 3. The summed E-state index contributed by atoms with van der Waals surface area (Å²) in [7, 11) is 0. The van der Waals surface area contributed by atoms with Crippen LogP contribution >= 0.6 is 0 Å². The Bertz CT molecular complexity index is 1430. The maximum atomic E-state index is 13.1.